The molecule has 0 aliphatic rings. The van der Waals surface area contributed by atoms with Crippen molar-refractivity contribution in [1.29, 1.82) is 0 Å². The standard InChI is InChI=1S/C16H23N3O/c1-2-14(7-10-20)12-17-13-15-5-3-6-16(11-15)19-9-4-8-18-19/h3-6,8-9,11,14,17,20H,2,7,10,12-13H2,1H3. The second-order valence-electron chi connectivity index (χ2n) is 5.04. The number of nitrogens with one attached hydrogen (secondary N) is 1. The highest BCUT2D eigenvalue weighted by atomic mass is 16.3. The maximum atomic E-state index is 8.99. The molecule has 1 unspecified atom stereocenters. The minimum Gasteiger partial charge on any atom is -0.396 e. The Balaban J connectivity index is 1.89. The highest BCUT2D eigenvalue weighted by Crippen LogP contribution is 2.10. The SMILES string of the molecule is CCC(CCO)CNCc1cccc(-n2cccn2)c1. The van der Waals surface area contributed by atoms with E-state index in [9.17, 15) is 0 Å². The lowest BCUT2D eigenvalue weighted by Crippen LogP contribution is -2.23. The van der Waals surface area contributed by atoms with Crippen LogP contribution in [0.25, 0.3) is 5.69 Å². The number of aliphatic hydroxyl groups is 1. The molecule has 2 rings (SSSR count). The topological polar surface area (TPSA) is 50.1 Å². The Kier molecular flexibility index (Phi) is 5.77. The van der Waals surface area contributed by atoms with E-state index in [-0.39, 0.29) is 6.61 Å². The molecule has 108 valence electrons. The first-order valence-corrected chi connectivity index (χ1v) is 7.24. The first-order chi connectivity index (χ1) is 9.83. The molecule has 0 bridgehead atoms. The van der Waals surface area contributed by atoms with Gasteiger partial charge in [-0.05, 0) is 42.6 Å². The summed E-state index contributed by atoms with van der Waals surface area (Å²) in [7, 11) is 0. The van der Waals surface area contributed by atoms with Crippen LogP contribution in [0.4, 0.5) is 0 Å². The minimum absolute atomic E-state index is 0.273. The number of aliphatic hydroxyl groups excluding tert-OH is 1. The van der Waals surface area contributed by atoms with Crippen molar-refractivity contribution in [2.24, 2.45) is 5.92 Å². The lowest BCUT2D eigenvalue weighted by Gasteiger charge is -2.14. The summed E-state index contributed by atoms with van der Waals surface area (Å²) in [6, 6.07) is 10.3. The van der Waals surface area contributed by atoms with E-state index in [1.165, 1.54) is 5.56 Å². The summed E-state index contributed by atoms with van der Waals surface area (Å²) in [5.74, 6) is 0.550. The molecule has 0 amide bonds. The molecule has 1 heterocycles. The first kappa shape index (κ1) is 14.8. The molecule has 4 heteroatoms. The molecule has 0 saturated carbocycles. The Morgan fingerprint density at radius 1 is 1.35 bits per heavy atom. The predicted molar refractivity (Wildman–Crippen MR) is 80.8 cm³/mol. The van der Waals surface area contributed by atoms with Crippen LogP contribution in [0.5, 0.6) is 0 Å². The molecule has 4 nitrogen and oxygen atoms in total. The second-order valence-corrected chi connectivity index (χ2v) is 5.04. The maximum Gasteiger partial charge on any atom is 0.0648 e. The average Bonchev–Trinajstić information content (AvgIpc) is 3.01. The molecule has 0 aliphatic carbocycles. The molecule has 20 heavy (non-hydrogen) atoms. The van der Waals surface area contributed by atoms with E-state index in [4.69, 9.17) is 5.11 Å². The Labute approximate surface area is 120 Å². The molecule has 0 radical (unpaired) electrons. The molecule has 2 N–H and O–H groups in total. The van der Waals surface area contributed by atoms with E-state index in [1.807, 2.05) is 16.9 Å². The minimum atomic E-state index is 0.273. The van der Waals surface area contributed by atoms with Gasteiger partial charge in [-0.2, -0.15) is 5.10 Å². The van der Waals surface area contributed by atoms with Gasteiger partial charge in [-0.3, -0.25) is 0 Å². The number of hydrogen-bond acceptors (Lipinski definition) is 3. The van der Waals surface area contributed by atoms with Crippen LogP contribution in [-0.2, 0) is 6.54 Å². The van der Waals surface area contributed by atoms with Gasteiger partial charge in [0.2, 0.25) is 0 Å². The van der Waals surface area contributed by atoms with Gasteiger partial charge in [0.25, 0.3) is 0 Å². The van der Waals surface area contributed by atoms with Crippen molar-refractivity contribution in [2.45, 2.75) is 26.3 Å². The van der Waals surface area contributed by atoms with E-state index in [0.717, 1.165) is 31.6 Å². The largest absolute Gasteiger partial charge is 0.396 e. The third kappa shape index (κ3) is 4.18. The van der Waals surface area contributed by atoms with Gasteiger partial charge in [-0.25, -0.2) is 4.68 Å². The lowest BCUT2D eigenvalue weighted by atomic mass is 10.0. The van der Waals surface area contributed by atoms with Crippen molar-refractivity contribution >= 4 is 0 Å². The zero-order valence-corrected chi connectivity index (χ0v) is 12.0. The van der Waals surface area contributed by atoms with Crippen LogP contribution < -0.4 is 5.32 Å². The zero-order valence-electron chi connectivity index (χ0n) is 12.0. The predicted octanol–water partition coefficient (Wildman–Crippen LogP) is 2.37. The van der Waals surface area contributed by atoms with Gasteiger partial charge in [-0.15, -0.1) is 0 Å². The van der Waals surface area contributed by atoms with Gasteiger partial charge in [0, 0.05) is 25.5 Å². The third-order valence-corrected chi connectivity index (χ3v) is 3.56. The molecule has 1 aromatic carbocycles. The van der Waals surface area contributed by atoms with E-state index in [2.05, 4.69) is 41.6 Å². The van der Waals surface area contributed by atoms with Crippen molar-refractivity contribution in [2.75, 3.05) is 13.2 Å². The molecule has 1 atom stereocenters. The molecule has 1 aromatic heterocycles. The summed E-state index contributed by atoms with van der Waals surface area (Å²) in [4.78, 5) is 0. The van der Waals surface area contributed by atoms with E-state index >= 15 is 0 Å². The average molecular weight is 273 g/mol. The van der Waals surface area contributed by atoms with Crippen molar-refractivity contribution in [1.82, 2.24) is 15.1 Å². The molecule has 2 aromatic rings. The van der Waals surface area contributed by atoms with Crippen molar-refractivity contribution in [3.8, 4) is 5.69 Å². The smallest absolute Gasteiger partial charge is 0.0648 e. The Morgan fingerprint density at radius 3 is 2.95 bits per heavy atom. The molecule has 0 aliphatic heterocycles. The van der Waals surface area contributed by atoms with Gasteiger partial charge < -0.3 is 10.4 Å². The maximum absolute atomic E-state index is 8.99. The summed E-state index contributed by atoms with van der Waals surface area (Å²) in [6.07, 6.45) is 5.70. The molecule has 0 fully saturated rings. The van der Waals surface area contributed by atoms with E-state index in [1.54, 1.807) is 6.20 Å². The Bertz CT molecular complexity index is 496. The fourth-order valence-corrected chi connectivity index (χ4v) is 2.28. The molecule has 0 spiro atoms. The first-order valence-electron chi connectivity index (χ1n) is 7.24. The Hall–Kier alpha value is -1.65. The Morgan fingerprint density at radius 2 is 2.25 bits per heavy atom. The van der Waals surface area contributed by atoms with Gasteiger partial charge in [0.05, 0.1) is 5.69 Å². The summed E-state index contributed by atoms with van der Waals surface area (Å²) >= 11 is 0. The fraction of sp³-hybridized carbons (Fsp3) is 0.438. The number of rotatable bonds is 8. The summed E-state index contributed by atoms with van der Waals surface area (Å²) in [5.41, 5.74) is 2.33. The van der Waals surface area contributed by atoms with Crippen LogP contribution in [-0.4, -0.2) is 28.0 Å². The van der Waals surface area contributed by atoms with Gasteiger partial charge >= 0.3 is 0 Å². The van der Waals surface area contributed by atoms with Gasteiger partial charge in [0.1, 0.15) is 0 Å². The van der Waals surface area contributed by atoms with Crippen LogP contribution in [0.15, 0.2) is 42.7 Å². The third-order valence-electron chi connectivity index (χ3n) is 3.56. The molecular formula is C16H23N3O. The van der Waals surface area contributed by atoms with Crippen LogP contribution in [0.3, 0.4) is 0 Å². The van der Waals surface area contributed by atoms with Crippen LogP contribution in [0.1, 0.15) is 25.3 Å². The highest BCUT2D eigenvalue weighted by Gasteiger charge is 2.05. The van der Waals surface area contributed by atoms with Crippen LogP contribution >= 0.6 is 0 Å². The zero-order chi connectivity index (χ0) is 14.2. The number of aromatic nitrogens is 2. The van der Waals surface area contributed by atoms with Gasteiger partial charge in [0.15, 0.2) is 0 Å². The van der Waals surface area contributed by atoms with Crippen molar-refractivity contribution < 1.29 is 5.11 Å². The molecule has 0 saturated heterocycles. The summed E-state index contributed by atoms with van der Waals surface area (Å²) < 4.78 is 1.87. The number of nitrogens with zero attached hydrogens (tertiary/aromatic N) is 2. The highest BCUT2D eigenvalue weighted by molar-refractivity contribution is 5.34. The lowest BCUT2D eigenvalue weighted by molar-refractivity contribution is 0.251. The monoisotopic (exact) mass is 273 g/mol. The van der Waals surface area contributed by atoms with E-state index in [0.29, 0.717) is 5.92 Å². The van der Waals surface area contributed by atoms with Crippen LogP contribution in [0, 0.1) is 5.92 Å². The number of hydrogen-bond donors (Lipinski definition) is 2. The van der Waals surface area contributed by atoms with Gasteiger partial charge in [-0.1, -0.05) is 25.5 Å². The van der Waals surface area contributed by atoms with Crippen molar-refractivity contribution in [3.05, 3.63) is 48.3 Å². The summed E-state index contributed by atoms with van der Waals surface area (Å²) in [6.45, 7) is 4.23. The summed E-state index contributed by atoms with van der Waals surface area (Å²) in [5, 5.41) is 16.7. The normalized spacial score (nSPS) is 12.5. The second kappa shape index (κ2) is 7.82. The van der Waals surface area contributed by atoms with Crippen molar-refractivity contribution in [3.63, 3.8) is 0 Å². The number of benzene rings is 1. The van der Waals surface area contributed by atoms with Crippen LogP contribution in [0.2, 0.25) is 0 Å². The fourth-order valence-electron chi connectivity index (χ4n) is 2.28. The quantitative estimate of drug-likeness (QED) is 0.776. The molecular weight excluding hydrogens is 250 g/mol. The van der Waals surface area contributed by atoms with E-state index < -0.39 is 0 Å².